The fraction of sp³-hybridized carbons (Fsp3) is 0.438. The maximum atomic E-state index is 13.7. The first-order chi connectivity index (χ1) is 10.5. The zero-order chi connectivity index (χ0) is 15.9. The van der Waals surface area contributed by atoms with Gasteiger partial charge in [-0.1, -0.05) is 11.6 Å². The quantitative estimate of drug-likeness (QED) is 0.883. The number of esters is 1. The molecule has 1 heterocycles. The molecule has 2 N–H and O–H groups in total. The molecule has 0 fully saturated rings. The number of halogens is 2. The van der Waals surface area contributed by atoms with Crippen molar-refractivity contribution in [3.8, 4) is 0 Å². The summed E-state index contributed by atoms with van der Waals surface area (Å²) < 4.78 is 20.6. The predicted octanol–water partition coefficient (Wildman–Crippen LogP) is 2.81. The van der Waals surface area contributed by atoms with Crippen molar-refractivity contribution in [1.29, 1.82) is 0 Å². The summed E-state index contributed by atoms with van der Waals surface area (Å²) in [5, 5.41) is 1.06. The van der Waals surface area contributed by atoms with Crippen LogP contribution in [0.25, 0.3) is 10.9 Å². The van der Waals surface area contributed by atoms with E-state index in [-0.39, 0.29) is 24.4 Å². The van der Waals surface area contributed by atoms with Crippen LogP contribution in [0.1, 0.15) is 24.6 Å². The Morgan fingerprint density at radius 3 is 3.05 bits per heavy atom. The Morgan fingerprint density at radius 2 is 2.32 bits per heavy atom. The highest BCUT2D eigenvalue weighted by molar-refractivity contribution is 6.35. The second-order valence-corrected chi connectivity index (χ2v) is 6.01. The van der Waals surface area contributed by atoms with Crippen LogP contribution in [0.4, 0.5) is 4.39 Å². The van der Waals surface area contributed by atoms with Gasteiger partial charge in [0.05, 0.1) is 17.1 Å². The lowest BCUT2D eigenvalue weighted by Gasteiger charge is -2.20. The van der Waals surface area contributed by atoms with Crippen LogP contribution in [0.15, 0.2) is 12.1 Å². The summed E-state index contributed by atoms with van der Waals surface area (Å²) in [5.41, 5.74) is 8.75. The zero-order valence-electron chi connectivity index (χ0n) is 12.4. The lowest BCUT2D eigenvalue weighted by Crippen LogP contribution is -2.28. The van der Waals surface area contributed by atoms with E-state index in [4.69, 9.17) is 22.1 Å². The second kappa shape index (κ2) is 5.89. The van der Waals surface area contributed by atoms with Crippen LogP contribution in [0.5, 0.6) is 0 Å². The predicted molar refractivity (Wildman–Crippen MR) is 83.5 cm³/mol. The molecule has 22 heavy (non-hydrogen) atoms. The molecule has 0 aliphatic heterocycles. The molecule has 118 valence electrons. The third kappa shape index (κ3) is 2.59. The van der Waals surface area contributed by atoms with Crippen molar-refractivity contribution in [3.05, 3.63) is 34.2 Å². The molecule has 6 heteroatoms. The van der Waals surface area contributed by atoms with E-state index in [0.717, 1.165) is 29.5 Å². The Balaban J connectivity index is 2.19. The number of rotatable bonds is 3. The van der Waals surface area contributed by atoms with E-state index in [1.54, 1.807) is 6.92 Å². The lowest BCUT2D eigenvalue weighted by atomic mass is 9.92. The molecule has 1 aliphatic rings. The van der Waals surface area contributed by atoms with Gasteiger partial charge in [-0.15, -0.1) is 0 Å². The number of carbonyl (C=O) groups is 1. The van der Waals surface area contributed by atoms with Gasteiger partial charge in [0.15, 0.2) is 0 Å². The molecular formula is C16H18ClFN2O2. The Hall–Kier alpha value is -1.59. The maximum Gasteiger partial charge on any atom is 0.325 e. The third-order valence-corrected chi connectivity index (χ3v) is 4.40. The first-order valence-corrected chi connectivity index (χ1v) is 7.79. The number of nitrogens with two attached hydrogens (primary N) is 1. The molecular weight excluding hydrogens is 307 g/mol. The minimum Gasteiger partial charge on any atom is -0.465 e. The van der Waals surface area contributed by atoms with Gasteiger partial charge < -0.3 is 15.0 Å². The van der Waals surface area contributed by atoms with Gasteiger partial charge in [-0.05, 0) is 43.9 Å². The topological polar surface area (TPSA) is 57.2 Å². The molecule has 1 aliphatic carbocycles. The number of ether oxygens (including phenoxy) is 1. The number of hydrogen-bond donors (Lipinski definition) is 1. The number of benzene rings is 1. The molecule has 0 saturated carbocycles. The van der Waals surface area contributed by atoms with Crippen molar-refractivity contribution < 1.29 is 13.9 Å². The van der Waals surface area contributed by atoms with Gasteiger partial charge in [0, 0.05) is 17.1 Å². The molecule has 0 radical (unpaired) electrons. The Bertz CT molecular complexity index is 742. The minimum atomic E-state index is -0.382. The average Bonchev–Trinajstić information content (AvgIpc) is 2.73. The highest BCUT2D eigenvalue weighted by Crippen LogP contribution is 2.36. The molecule has 0 spiro atoms. The van der Waals surface area contributed by atoms with Crippen LogP contribution >= 0.6 is 11.6 Å². The summed E-state index contributed by atoms with van der Waals surface area (Å²) in [4.78, 5) is 11.9. The van der Waals surface area contributed by atoms with Crippen molar-refractivity contribution in [1.82, 2.24) is 4.57 Å². The van der Waals surface area contributed by atoms with Gasteiger partial charge in [-0.3, -0.25) is 4.79 Å². The third-order valence-electron chi connectivity index (χ3n) is 4.11. The average molecular weight is 325 g/mol. The monoisotopic (exact) mass is 324 g/mol. The lowest BCUT2D eigenvalue weighted by molar-refractivity contribution is -0.143. The van der Waals surface area contributed by atoms with Gasteiger partial charge in [0.2, 0.25) is 0 Å². The zero-order valence-corrected chi connectivity index (χ0v) is 13.1. The van der Waals surface area contributed by atoms with Crippen LogP contribution in [0.3, 0.4) is 0 Å². The van der Waals surface area contributed by atoms with Crippen LogP contribution in [-0.2, 0) is 28.9 Å². The second-order valence-electron chi connectivity index (χ2n) is 5.60. The van der Waals surface area contributed by atoms with Crippen molar-refractivity contribution in [2.75, 3.05) is 6.61 Å². The SMILES string of the molecule is CCOC(=O)Cn1c2c(c3cc(F)cc(Cl)c31)CC(N)CC2. The van der Waals surface area contributed by atoms with Crippen LogP contribution < -0.4 is 5.73 Å². The molecule has 2 aromatic rings. The molecule has 3 rings (SSSR count). The number of carbonyl (C=O) groups excluding carboxylic acids is 1. The van der Waals surface area contributed by atoms with Gasteiger partial charge in [0.25, 0.3) is 0 Å². The number of aromatic nitrogens is 1. The van der Waals surface area contributed by atoms with Crippen LogP contribution in [0, 0.1) is 5.82 Å². The standard InChI is InChI=1S/C16H18ClFN2O2/c1-2-22-15(21)8-20-14-4-3-10(19)7-11(14)12-5-9(18)6-13(17)16(12)20/h5-6,10H,2-4,7-8,19H2,1H3. The molecule has 1 unspecified atom stereocenters. The van der Waals surface area contributed by atoms with Gasteiger partial charge >= 0.3 is 5.97 Å². The van der Waals surface area contributed by atoms with Crippen LogP contribution in [0.2, 0.25) is 5.02 Å². The largest absolute Gasteiger partial charge is 0.465 e. The first-order valence-electron chi connectivity index (χ1n) is 7.41. The van der Waals surface area contributed by atoms with Crippen molar-refractivity contribution >= 4 is 28.5 Å². The summed E-state index contributed by atoms with van der Waals surface area (Å²) in [7, 11) is 0. The minimum absolute atomic E-state index is 0.0520. The Labute approximate surface area is 133 Å². The van der Waals surface area contributed by atoms with Crippen molar-refractivity contribution in [2.24, 2.45) is 5.73 Å². The summed E-state index contributed by atoms with van der Waals surface area (Å²) >= 11 is 6.24. The van der Waals surface area contributed by atoms with Crippen LogP contribution in [-0.4, -0.2) is 23.2 Å². The summed E-state index contributed by atoms with van der Waals surface area (Å²) in [6.45, 7) is 2.18. The number of hydrogen-bond acceptors (Lipinski definition) is 3. The normalized spacial score (nSPS) is 17.5. The Morgan fingerprint density at radius 1 is 1.55 bits per heavy atom. The highest BCUT2D eigenvalue weighted by atomic mass is 35.5. The van der Waals surface area contributed by atoms with Gasteiger partial charge in [-0.2, -0.15) is 0 Å². The fourth-order valence-electron chi connectivity index (χ4n) is 3.23. The van der Waals surface area contributed by atoms with E-state index in [0.29, 0.717) is 23.6 Å². The van der Waals surface area contributed by atoms with Crippen molar-refractivity contribution in [2.45, 2.75) is 38.8 Å². The van der Waals surface area contributed by atoms with Crippen molar-refractivity contribution in [3.63, 3.8) is 0 Å². The molecule has 4 nitrogen and oxygen atoms in total. The molecule has 0 amide bonds. The summed E-state index contributed by atoms with van der Waals surface area (Å²) in [6.07, 6.45) is 2.26. The first kappa shape index (κ1) is 15.3. The molecule has 0 bridgehead atoms. The number of fused-ring (bicyclic) bond motifs is 3. The molecule has 1 aromatic carbocycles. The summed E-state index contributed by atoms with van der Waals surface area (Å²) in [5.74, 6) is -0.704. The van der Waals surface area contributed by atoms with Gasteiger partial charge in [0.1, 0.15) is 12.4 Å². The van der Waals surface area contributed by atoms with E-state index in [1.807, 2.05) is 4.57 Å². The van der Waals surface area contributed by atoms with E-state index in [1.165, 1.54) is 12.1 Å². The smallest absolute Gasteiger partial charge is 0.325 e. The van der Waals surface area contributed by atoms with E-state index in [2.05, 4.69) is 0 Å². The van der Waals surface area contributed by atoms with E-state index in [9.17, 15) is 9.18 Å². The van der Waals surface area contributed by atoms with E-state index >= 15 is 0 Å². The highest BCUT2D eigenvalue weighted by Gasteiger charge is 2.26. The maximum absolute atomic E-state index is 13.7. The molecule has 0 saturated heterocycles. The fourth-order valence-corrected chi connectivity index (χ4v) is 3.54. The number of nitrogens with zero attached hydrogens (tertiary/aromatic N) is 1. The Kier molecular flexibility index (Phi) is 4.10. The van der Waals surface area contributed by atoms with Gasteiger partial charge in [-0.25, -0.2) is 4.39 Å². The molecule has 1 aromatic heterocycles. The van der Waals surface area contributed by atoms with E-state index < -0.39 is 0 Å². The summed E-state index contributed by atoms with van der Waals surface area (Å²) in [6, 6.07) is 2.80. The molecule has 1 atom stereocenters.